The maximum atomic E-state index is 13.3. The van der Waals surface area contributed by atoms with Crippen LogP contribution in [0.5, 0.6) is 0 Å². The molecular weight excluding hydrogens is 311 g/mol. The van der Waals surface area contributed by atoms with Crippen LogP contribution in [0.15, 0.2) is 30.3 Å². The third-order valence-corrected chi connectivity index (χ3v) is 5.92. The Morgan fingerprint density at radius 1 is 1.00 bits per heavy atom. The molecule has 2 unspecified atom stereocenters. The molecule has 0 heterocycles. The van der Waals surface area contributed by atoms with Crippen LogP contribution in [0.3, 0.4) is 0 Å². The molecule has 5 heteroatoms. The van der Waals surface area contributed by atoms with Crippen molar-refractivity contribution >= 4 is 18.6 Å². The Labute approximate surface area is 140 Å². The van der Waals surface area contributed by atoms with Crippen molar-refractivity contribution < 1.29 is 18.6 Å². The summed E-state index contributed by atoms with van der Waals surface area (Å²) in [5.74, 6) is -0.227. The average Bonchev–Trinajstić information content (AvgIpc) is 2.51. The van der Waals surface area contributed by atoms with E-state index in [2.05, 4.69) is 0 Å². The van der Waals surface area contributed by atoms with Gasteiger partial charge < -0.3 is 9.26 Å². The summed E-state index contributed by atoms with van der Waals surface area (Å²) in [4.78, 5) is 12.1. The van der Waals surface area contributed by atoms with Gasteiger partial charge in [-0.25, -0.2) is 0 Å². The van der Waals surface area contributed by atoms with Crippen molar-refractivity contribution in [3.63, 3.8) is 0 Å². The fourth-order valence-electron chi connectivity index (χ4n) is 1.98. The molecule has 0 amide bonds. The summed E-state index contributed by atoms with van der Waals surface area (Å²) in [6, 6.07) is 9.14. The molecule has 1 rings (SSSR count). The number of carbonyl (C=O) groups excluding carboxylic acids is 1. The van der Waals surface area contributed by atoms with Gasteiger partial charge in [0.25, 0.3) is 0 Å². The zero-order valence-electron chi connectivity index (χ0n) is 14.8. The number of benzene rings is 1. The Morgan fingerprint density at radius 3 is 2.09 bits per heavy atom. The number of rotatable bonds is 9. The lowest BCUT2D eigenvalue weighted by molar-refractivity contribution is -0.148. The normalized spacial score (nSPS) is 15.4. The summed E-state index contributed by atoms with van der Waals surface area (Å²) in [5, 5.41) is 0.657. The molecule has 0 aromatic heterocycles. The van der Waals surface area contributed by atoms with Gasteiger partial charge in [0.2, 0.25) is 7.37 Å². The molecule has 130 valence electrons. The molecule has 0 aliphatic heterocycles. The Morgan fingerprint density at radius 2 is 1.57 bits per heavy atom. The van der Waals surface area contributed by atoms with Gasteiger partial charge in [0.15, 0.2) is 0 Å². The second-order valence-corrected chi connectivity index (χ2v) is 9.29. The van der Waals surface area contributed by atoms with E-state index < -0.39 is 13.3 Å². The molecule has 23 heavy (non-hydrogen) atoms. The molecule has 0 aliphatic rings. The highest BCUT2D eigenvalue weighted by molar-refractivity contribution is 7.67. The first kappa shape index (κ1) is 19.9. The van der Waals surface area contributed by atoms with Gasteiger partial charge in [-0.15, -0.1) is 0 Å². The predicted molar refractivity (Wildman–Crippen MR) is 94.3 cm³/mol. The summed E-state index contributed by atoms with van der Waals surface area (Å²) in [7, 11) is -3.08. The number of esters is 1. The molecular formula is C18H29O4P. The fraction of sp³-hybridized carbons (Fsp3) is 0.611. The molecule has 0 saturated heterocycles. The van der Waals surface area contributed by atoms with Gasteiger partial charge in [0, 0.05) is 11.5 Å². The van der Waals surface area contributed by atoms with Gasteiger partial charge in [-0.05, 0) is 24.0 Å². The minimum atomic E-state index is -3.08. The second-order valence-electron chi connectivity index (χ2n) is 6.81. The minimum absolute atomic E-state index is 0.167. The summed E-state index contributed by atoms with van der Waals surface area (Å²) in [6.07, 6.45) is 0.167. The lowest BCUT2D eigenvalue weighted by Crippen LogP contribution is -2.24. The molecule has 0 spiro atoms. The molecule has 0 saturated carbocycles. The summed E-state index contributed by atoms with van der Waals surface area (Å²) in [6.45, 7) is 10.5. The molecule has 4 nitrogen and oxygen atoms in total. The SMILES string of the molecule is CC(C)COC(=O)C(C)CP(=O)(OCC(C)C)c1ccccc1. The van der Waals surface area contributed by atoms with Crippen LogP contribution in [0, 0.1) is 17.8 Å². The predicted octanol–water partition coefficient (Wildman–Crippen LogP) is 4.10. The highest BCUT2D eigenvalue weighted by Crippen LogP contribution is 2.47. The molecule has 0 N–H and O–H groups in total. The van der Waals surface area contributed by atoms with E-state index in [4.69, 9.17) is 9.26 Å². The number of hydrogen-bond acceptors (Lipinski definition) is 4. The Bertz CT molecular complexity index is 525. The van der Waals surface area contributed by atoms with Crippen molar-refractivity contribution in [1.82, 2.24) is 0 Å². The van der Waals surface area contributed by atoms with Gasteiger partial charge >= 0.3 is 5.97 Å². The minimum Gasteiger partial charge on any atom is -0.465 e. The summed E-state index contributed by atoms with van der Waals surface area (Å²) in [5.41, 5.74) is 0. The van der Waals surface area contributed by atoms with Gasteiger partial charge in [-0.2, -0.15) is 0 Å². The lowest BCUT2D eigenvalue weighted by atomic mass is 10.2. The molecule has 0 radical (unpaired) electrons. The van der Waals surface area contributed by atoms with Crippen LogP contribution < -0.4 is 5.30 Å². The van der Waals surface area contributed by atoms with E-state index in [-0.39, 0.29) is 24.0 Å². The van der Waals surface area contributed by atoms with Crippen molar-refractivity contribution in [1.29, 1.82) is 0 Å². The van der Waals surface area contributed by atoms with E-state index >= 15 is 0 Å². The first-order valence-corrected chi connectivity index (χ1v) is 10.0. The largest absolute Gasteiger partial charge is 0.465 e. The van der Waals surface area contributed by atoms with Crippen LogP contribution in [-0.4, -0.2) is 25.3 Å². The van der Waals surface area contributed by atoms with E-state index in [1.165, 1.54) is 0 Å². The smallest absolute Gasteiger partial charge is 0.309 e. The lowest BCUT2D eigenvalue weighted by Gasteiger charge is -2.23. The van der Waals surface area contributed by atoms with Gasteiger partial charge in [0.1, 0.15) is 0 Å². The van der Waals surface area contributed by atoms with E-state index in [9.17, 15) is 9.36 Å². The van der Waals surface area contributed by atoms with Crippen LogP contribution in [0.2, 0.25) is 0 Å². The van der Waals surface area contributed by atoms with Crippen LogP contribution in [0.4, 0.5) is 0 Å². The van der Waals surface area contributed by atoms with Crippen LogP contribution in [0.25, 0.3) is 0 Å². The monoisotopic (exact) mass is 340 g/mol. The molecule has 2 atom stereocenters. The first-order valence-electron chi connectivity index (χ1n) is 8.20. The Balaban J connectivity index is 2.84. The van der Waals surface area contributed by atoms with Gasteiger partial charge in [0.05, 0.1) is 19.1 Å². The average molecular weight is 340 g/mol. The number of carbonyl (C=O) groups is 1. The van der Waals surface area contributed by atoms with Crippen LogP contribution in [-0.2, 0) is 18.6 Å². The van der Waals surface area contributed by atoms with Crippen molar-refractivity contribution in [2.24, 2.45) is 17.8 Å². The zero-order chi connectivity index (χ0) is 17.5. The van der Waals surface area contributed by atoms with E-state index in [1.807, 2.05) is 45.9 Å². The molecule has 1 aromatic carbocycles. The van der Waals surface area contributed by atoms with E-state index in [0.717, 1.165) is 0 Å². The quantitative estimate of drug-likeness (QED) is 0.502. The van der Waals surface area contributed by atoms with E-state index in [1.54, 1.807) is 19.1 Å². The highest BCUT2D eigenvalue weighted by atomic mass is 31.2. The van der Waals surface area contributed by atoms with E-state index in [0.29, 0.717) is 18.5 Å². The standard InChI is InChI=1S/C18H29O4P/c1-14(2)11-21-18(19)16(5)13-23(20,22-12-15(3)4)17-9-7-6-8-10-17/h6-10,14-16H,11-13H2,1-5H3. The molecule has 1 aromatic rings. The van der Waals surface area contributed by atoms with Crippen molar-refractivity contribution in [3.8, 4) is 0 Å². The second kappa shape index (κ2) is 9.24. The van der Waals surface area contributed by atoms with Crippen molar-refractivity contribution in [3.05, 3.63) is 30.3 Å². The first-order chi connectivity index (χ1) is 10.7. The fourth-order valence-corrected chi connectivity index (χ4v) is 4.48. The van der Waals surface area contributed by atoms with Gasteiger partial charge in [-0.1, -0.05) is 52.8 Å². The molecule has 0 bridgehead atoms. The topological polar surface area (TPSA) is 52.6 Å². The summed E-state index contributed by atoms with van der Waals surface area (Å²) >= 11 is 0. The Hall–Kier alpha value is -1.12. The molecule has 0 fully saturated rings. The maximum absolute atomic E-state index is 13.3. The Kier molecular flexibility index (Phi) is 8.01. The number of hydrogen-bond donors (Lipinski definition) is 0. The summed E-state index contributed by atoms with van der Waals surface area (Å²) < 4.78 is 24.4. The third-order valence-electron chi connectivity index (χ3n) is 3.24. The van der Waals surface area contributed by atoms with Gasteiger partial charge in [-0.3, -0.25) is 9.36 Å². The van der Waals surface area contributed by atoms with Crippen molar-refractivity contribution in [2.75, 3.05) is 19.4 Å². The van der Waals surface area contributed by atoms with Crippen LogP contribution in [0.1, 0.15) is 34.6 Å². The zero-order valence-corrected chi connectivity index (χ0v) is 15.7. The highest BCUT2D eigenvalue weighted by Gasteiger charge is 2.32. The molecule has 0 aliphatic carbocycles. The van der Waals surface area contributed by atoms with Crippen molar-refractivity contribution in [2.45, 2.75) is 34.6 Å². The maximum Gasteiger partial charge on any atom is 0.309 e. The van der Waals surface area contributed by atoms with Crippen LogP contribution >= 0.6 is 7.37 Å². The third kappa shape index (κ3) is 6.88. The number of ether oxygens (including phenoxy) is 1.